The van der Waals surface area contributed by atoms with E-state index in [4.69, 9.17) is 4.98 Å². The Morgan fingerprint density at radius 1 is 0.909 bits per heavy atom. The van der Waals surface area contributed by atoms with E-state index in [-0.39, 0.29) is 5.91 Å². The zero-order chi connectivity index (χ0) is 22.6. The van der Waals surface area contributed by atoms with Gasteiger partial charge in [-0.15, -0.1) is 0 Å². The number of para-hydroxylation sites is 1. The van der Waals surface area contributed by atoms with Gasteiger partial charge in [0.1, 0.15) is 5.82 Å². The lowest BCUT2D eigenvalue weighted by Crippen LogP contribution is -2.49. The smallest absolute Gasteiger partial charge is 0.257 e. The van der Waals surface area contributed by atoms with Crippen molar-refractivity contribution in [3.63, 3.8) is 0 Å². The summed E-state index contributed by atoms with van der Waals surface area (Å²) in [5.41, 5.74) is 3.59. The van der Waals surface area contributed by atoms with Crippen LogP contribution in [-0.2, 0) is 6.42 Å². The first-order valence-corrected chi connectivity index (χ1v) is 11.3. The van der Waals surface area contributed by atoms with Crippen LogP contribution in [0.3, 0.4) is 0 Å². The van der Waals surface area contributed by atoms with E-state index in [1.807, 2.05) is 76.3 Å². The van der Waals surface area contributed by atoms with Crippen LogP contribution in [0.4, 0.5) is 5.82 Å². The topological polar surface area (TPSA) is 67.2 Å². The molecule has 0 spiro atoms. The molecule has 0 N–H and O–H groups in total. The van der Waals surface area contributed by atoms with Crippen LogP contribution in [0, 0.1) is 0 Å². The molecule has 0 atom stereocenters. The SMILES string of the molecule is CCc1c(C(=O)N2CCN(c3ccnc(-c4ccccc4)n3)CC2)cnn1-c1ccccc1. The molecule has 0 aliphatic carbocycles. The maximum Gasteiger partial charge on any atom is 0.257 e. The molecule has 0 unspecified atom stereocenters. The van der Waals surface area contributed by atoms with Gasteiger partial charge in [0.2, 0.25) is 0 Å². The van der Waals surface area contributed by atoms with Gasteiger partial charge in [-0.2, -0.15) is 5.10 Å². The van der Waals surface area contributed by atoms with Crippen LogP contribution < -0.4 is 4.90 Å². The van der Waals surface area contributed by atoms with Gasteiger partial charge >= 0.3 is 0 Å². The monoisotopic (exact) mass is 438 g/mol. The molecule has 1 fully saturated rings. The summed E-state index contributed by atoms with van der Waals surface area (Å²) in [6.45, 7) is 4.80. The summed E-state index contributed by atoms with van der Waals surface area (Å²) in [7, 11) is 0. The standard InChI is InChI=1S/C26H26N6O/c1-2-23-22(19-28-32(23)21-11-7-4-8-12-21)26(33)31-17-15-30(16-18-31)24-13-14-27-25(29-24)20-9-5-3-6-10-20/h3-14,19H,2,15-18H2,1H3. The maximum atomic E-state index is 13.3. The molecule has 1 aliphatic rings. The number of anilines is 1. The van der Waals surface area contributed by atoms with Crippen molar-refractivity contribution in [2.24, 2.45) is 0 Å². The van der Waals surface area contributed by atoms with Gasteiger partial charge in [-0.05, 0) is 24.6 Å². The molecule has 7 nitrogen and oxygen atoms in total. The Balaban J connectivity index is 1.29. The molecular formula is C26H26N6O. The zero-order valence-corrected chi connectivity index (χ0v) is 18.6. The van der Waals surface area contributed by atoms with Gasteiger partial charge in [0.05, 0.1) is 23.1 Å². The number of amides is 1. The molecule has 1 saturated heterocycles. The fraction of sp³-hybridized carbons (Fsp3) is 0.231. The van der Waals surface area contributed by atoms with Gasteiger partial charge in [-0.1, -0.05) is 55.5 Å². The van der Waals surface area contributed by atoms with Crippen LogP contribution >= 0.6 is 0 Å². The maximum absolute atomic E-state index is 13.3. The quantitative estimate of drug-likeness (QED) is 0.473. The molecule has 0 bridgehead atoms. The first-order chi connectivity index (χ1) is 16.2. The molecule has 1 amide bonds. The first kappa shape index (κ1) is 20.9. The van der Waals surface area contributed by atoms with Crippen LogP contribution in [0.1, 0.15) is 23.0 Å². The van der Waals surface area contributed by atoms with Crippen LogP contribution in [0.15, 0.2) is 79.1 Å². The number of aromatic nitrogens is 4. The molecule has 0 radical (unpaired) electrons. The van der Waals surface area contributed by atoms with E-state index in [0.29, 0.717) is 24.5 Å². The molecule has 0 saturated carbocycles. The predicted molar refractivity (Wildman–Crippen MR) is 129 cm³/mol. The van der Waals surface area contributed by atoms with E-state index in [1.54, 1.807) is 12.4 Å². The fourth-order valence-corrected chi connectivity index (χ4v) is 4.24. The van der Waals surface area contributed by atoms with Gasteiger partial charge in [0.15, 0.2) is 5.82 Å². The molecule has 1 aliphatic heterocycles. The Hall–Kier alpha value is -4.00. The van der Waals surface area contributed by atoms with Crippen molar-refractivity contribution in [2.45, 2.75) is 13.3 Å². The Kier molecular flexibility index (Phi) is 5.85. The molecule has 2 aromatic carbocycles. The van der Waals surface area contributed by atoms with Gasteiger partial charge in [-0.3, -0.25) is 4.79 Å². The third-order valence-corrected chi connectivity index (χ3v) is 6.00. The zero-order valence-electron chi connectivity index (χ0n) is 18.6. The first-order valence-electron chi connectivity index (χ1n) is 11.3. The highest BCUT2D eigenvalue weighted by Gasteiger charge is 2.26. The molecule has 3 heterocycles. The number of hydrogen-bond acceptors (Lipinski definition) is 5. The lowest BCUT2D eigenvalue weighted by molar-refractivity contribution is 0.0745. The third-order valence-electron chi connectivity index (χ3n) is 6.00. The normalized spacial score (nSPS) is 13.8. The van der Waals surface area contributed by atoms with E-state index in [1.165, 1.54) is 0 Å². The van der Waals surface area contributed by atoms with E-state index in [9.17, 15) is 4.79 Å². The van der Waals surface area contributed by atoms with Gasteiger partial charge in [0.25, 0.3) is 5.91 Å². The molecule has 33 heavy (non-hydrogen) atoms. The average Bonchev–Trinajstić information content (AvgIpc) is 3.34. The Morgan fingerprint density at radius 3 is 2.30 bits per heavy atom. The summed E-state index contributed by atoms with van der Waals surface area (Å²) in [6.07, 6.45) is 4.24. The highest BCUT2D eigenvalue weighted by molar-refractivity contribution is 5.95. The van der Waals surface area contributed by atoms with Crippen molar-refractivity contribution in [2.75, 3.05) is 31.1 Å². The van der Waals surface area contributed by atoms with Crippen LogP contribution in [0.2, 0.25) is 0 Å². The lowest BCUT2D eigenvalue weighted by Gasteiger charge is -2.35. The van der Waals surface area contributed by atoms with Gasteiger partial charge in [-0.25, -0.2) is 14.6 Å². The van der Waals surface area contributed by atoms with Gasteiger partial charge < -0.3 is 9.80 Å². The Morgan fingerprint density at radius 2 is 1.61 bits per heavy atom. The van der Waals surface area contributed by atoms with Crippen molar-refractivity contribution in [3.05, 3.63) is 90.4 Å². The van der Waals surface area contributed by atoms with Crippen molar-refractivity contribution in [3.8, 4) is 17.1 Å². The van der Waals surface area contributed by atoms with Crippen molar-refractivity contribution >= 4 is 11.7 Å². The molecule has 7 heteroatoms. The molecule has 5 rings (SSSR count). The Bertz CT molecular complexity index is 1230. The van der Waals surface area contributed by atoms with Crippen molar-refractivity contribution < 1.29 is 4.79 Å². The highest BCUT2D eigenvalue weighted by atomic mass is 16.2. The predicted octanol–water partition coefficient (Wildman–Crippen LogP) is 3.85. The number of piperazine rings is 1. The average molecular weight is 439 g/mol. The second-order valence-electron chi connectivity index (χ2n) is 7.99. The minimum Gasteiger partial charge on any atom is -0.353 e. The minimum atomic E-state index is 0.0429. The summed E-state index contributed by atoms with van der Waals surface area (Å²) >= 11 is 0. The number of benzene rings is 2. The van der Waals surface area contributed by atoms with E-state index in [0.717, 1.165) is 42.3 Å². The van der Waals surface area contributed by atoms with E-state index < -0.39 is 0 Å². The van der Waals surface area contributed by atoms with Crippen molar-refractivity contribution in [1.29, 1.82) is 0 Å². The summed E-state index contributed by atoms with van der Waals surface area (Å²) in [6, 6.07) is 21.9. The molecule has 4 aromatic rings. The lowest BCUT2D eigenvalue weighted by atomic mass is 10.1. The summed E-state index contributed by atoms with van der Waals surface area (Å²) < 4.78 is 1.87. The van der Waals surface area contributed by atoms with Gasteiger partial charge in [0, 0.05) is 37.9 Å². The van der Waals surface area contributed by atoms with Crippen LogP contribution in [0.25, 0.3) is 17.1 Å². The molecule has 2 aromatic heterocycles. The second kappa shape index (κ2) is 9.24. The van der Waals surface area contributed by atoms with E-state index >= 15 is 0 Å². The van der Waals surface area contributed by atoms with Crippen LogP contribution in [0.5, 0.6) is 0 Å². The molecular weight excluding hydrogens is 412 g/mol. The second-order valence-corrected chi connectivity index (χ2v) is 7.99. The number of hydrogen-bond donors (Lipinski definition) is 0. The largest absolute Gasteiger partial charge is 0.353 e. The summed E-state index contributed by atoms with van der Waals surface area (Å²) in [5.74, 6) is 1.65. The van der Waals surface area contributed by atoms with Crippen molar-refractivity contribution in [1.82, 2.24) is 24.6 Å². The minimum absolute atomic E-state index is 0.0429. The highest BCUT2D eigenvalue weighted by Crippen LogP contribution is 2.21. The summed E-state index contributed by atoms with van der Waals surface area (Å²) in [5, 5.41) is 4.52. The molecule has 166 valence electrons. The third kappa shape index (κ3) is 4.22. The fourth-order valence-electron chi connectivity index (χ4n) is 4.24. The number of rotatable bonds is 5. The Labute approximate surface area is 193 Å². The number of carbonyl (C=O) groups is 1. The summed E-state index contributed by atoms with van der Waals surface area (Å²) in [4.78, 5) is 26.6. The van der Waals surface area contributed by atoms with E-state index in [2.05, 4.69) is 21.9 Å². The number of carbonyl (C=O) groups excluding carboxylic acids is 1. The van der Waals surface area contributed by atoms with Crippen LogP contribution in [-0.4, -0.2) is 56.7 Å². The number of nitrogens with zero attached hydrogens (tertiary/aromatic N) is 6.